The second kappa shape index (κ2) is 8.53. The molecule has 1 aromatic rings. The van der Waals surface area contributed by atoms with Crippen molar-refractivity contribution in [3.05, 3.63) is 39.9 Å². The molecule has 0 fully saturated rings. The number of nitrogens with zero attached hydrogens (tertiary/aromatic N) is 1. The fourth-order valence-corrected chi connectivity index (χ4v) is 2.54. The summed E-state index contributed by atoms with van der Waals surface area (Å²) in [6.07, 6.45) is 2.85. The van der Waals surface area contributed by atoms with E-state index in [9.17, 15) is 4.79 Å². The SMILES string of the molecule is COCCOCC(=O)N1CC=C(c2ccc(Cl)c(Cl)c2)CC1. The van der Waals surface area contributed by atoms with Gasteiger partial charge in [0.05, 0.1) is 23.3 Å². The minimum Gasteiger partial charge on any atom is -0.382 e. The number of benzene rings is 1. The highest BCUT2D eigenvalue weighted by atomic mass is 35.5. The van der Waals surface area contributed by atoms with Crippen molar-refractivity contribution in [1.29, 1.82) is 0 Å². The van der Waals surface area contributed by atoms with Crippen molar-refractivity contribution in [3.63, 3.8) is 0 Å². The molecule has 1 aromatic carbocycles. The minimum atomic E-state index is 0.000501. The molecule has 4 nitrogen and oxygen atoms in total. The lowest BCUT2D eigenvalue weighted by Crippen LogP contribution is -2.37. The van der Waals surface area contributed by atoms with Crippen LogP contribution < -0.4 is 0 Å². The maximum Gasteiger partial charge on any atom is 0.248 e. The maximum absolute atomic E-state index is 12.0. The van der Waals surface area contributed by atoms with Gasteiger partial charge >= 0.3 is 0 Å². The normalized spacial score (nSPS) is 14.9. The first-order valence-electron chi connectivity index (χ1n) is 7.10. The molecule has 6 heteroatoms. The summed E-state index contributed by atoms with van der Waals surface area (Å²) in [6, 6.07) is 5.60. The summed E-state index contributed by atoms with van der Waals surface area (Å²) >= 11 is 12.0. The molecule has 0 atom stereocenters. The third-order valence-corrected chi connectivity index (χ3v) is 4.25. The molecule has 120 valence electrons. The van der Waals surface area contributed by atoms with Crippen molar-refractivity contribution in [1.82, 2.24) is 4.90 Å². The van der Waals surface area contributed by atoms with Gasteiger partial charge in [0, 0.05) is 20.2 Å². The summed E-state index contributed by atoms with van der Waals surface area (Å²) in [4.78, 5) is 13.8. The molecule has 1 amide bonds. The Morgan fingerprint density at radius 1 is 1.27 bits per heavy atom. The number of ether oxygens (including phenoxy) is 2. The second-order valence-electron chi connectivity index (χ2n) is 4.99. The molecule has 2 rings (SSSR count). The summed E-state index contributed by atoms with van der Waals surface area (Å²) in [5.41, 5.74) is 2.24. The van der Waals surface area contributed by atoms with Crippen LogP contribution in [0.2, 0.25) is 10.0 Å². The van der Waals surface area contributed by atoms with Crippen molar-refractivity contribution in [2.45, 2.75) is 6.42 Å². The lowest BCUT2D eigenvalue weighted by Gasteiger charge is -2.26. The summed E-state index contributed by atoms with van der Waals surface area (Å²) in [7, 11) is 1.60. The number of halogens is 2. The standard InChI is InChI=1S/C16H19Cl2NO3/c1-21-8-9-22-11-16(20)19-6-4-12(5-7-19)13-2-3-14(17)15(18)10-13/h2-4,10H,5-9,11H2,1H3. The Hall–Kier alpha value is -1.07. The average molecular weight is 344 g/mol. The zero-order valence-electron chi connectivity index (χ0n) is 12.5. The molecule has 0 aliphatic carbocycles. The first kappa shape index (κ1) is 17.3. The molecule has 0 unspecified atom stereocenters. The third kappa shape index (κ3) is 4.71. The number of hydrogen-bond donors (Lipinski definition) is 0. The highest BCUT2D eigenvalue weighted by Crippen LogP contribution is 2.29. The lowest BCUT2D eigenvalue weighted by atomic mass is 9.99. The van der Waals surface area contributed by atoms with Crippen molar-refractivity contribution < 1.29 is 14.3 Å². The lowest BCUT2D eigenvalue weighted by molar-refractivity contribution is -0.136. The molecular weight excluding hydrogens is 325 g/mol. The molecule has 1 heterocycles. The van der Waals surface area contributed by atoms with Crippen molar-refractivity contribution in [2.75, 3.05) is 40.0 Å². The van der Waals surface area contributed by atoms with Gasteiger partial charge in [-0.1, -0.05) is 35.3 Å². The first-order valence-corrected chi connectivity index (χ1v) is 7.86. The molecule has 0 bridgehead atoms. The Morgan fingerprint density at radius 3 is 2.73 bits per heavy atom. The van der Waals surface area contributed by atoms with Crippen LogP contribution in [0.4, 0.5) is 0 Å². The van der Waals surface area contributed by atoms with E-state index in [1.807, 2.05) is 12.1 Å². The molecule has 0 N–H and O–H groups in total. The minimum absolute atomic E-state index is 0.000501. The van der Waals surface area contributed by atoms with Crippen molar-refractivity contribution >= 4 is 34.7 Å². The van der Waals surface area contributed by atoms with Crippen LogP contribution in [0.25, 0.3) is 5.57 Å². The Bertz CT molecular complexity index is 560. The van der Waals surface area contributed by atoms with Crippen molar-refractivity contribution in [2.24, 2.45) is 0 Å². The van der Waals surface area contributed by atoms with E-state index in [4.69, 9.17) is 32.7 Å². The van der Waals surface area contributed by atoms with Crippen LogP contribution in [0.3, 0.4) is 0 Å². The smallest absolute Gasteiger partial charge is 0.248 e. The van der Waals surface area contributed by atoms with Gasteiger partial charge in [0.25, 0.3) is 0 Å². The van der Waals surface area contributed by atoms with Gasteiger partial charge in [0.15, 0.2) is 0 Å². The van der Waals surface area contributed by atoms with Crippen LogP contribution in [-0.4, -0.2) is 50.8 Å². The quantitative estimate of drug-likeness (QED) is 0.744. The summed E-state index contributed by atoms with van der Waals surface area (Å²) < 4.78 is 10.1. The van der Waals surface area contributed by atoms with Crippen molar-refractivity contribution in [3.8, 4) is 0 Å². The molecule has 0 radical (unpaired) electrons. The van der Waals surface area contributed by atoms with E-state index < -0.39 is 0 Å². The summed E-state index contributed by atoms with van der Waals surface area (Å²) in [6.45, 7) is 2.29. The Balaban J connectivity index is 1.88. The van der Waals surface area contributed by atoms with Crippen LogP contribution in [0.5, 0.6) is 0 Å². The molecular formula is C16H19Cl2NO3. The van der Waals surface area contributed by atoms with Crippen LogP contribution >= 0.6 is 23.2 Å². The van der Waals surface area contributed by atoms with Crippen LogP contribution in [0.1, 0.15) is 12.0 Å². The van der Waals surface area contributed by atoms with Gasteiger partial charge in [0.1, 0.15) is 6.61 Å². The predicted molar refractivity (Wildman–Crippen MR) is 88.3 cm³/mol. The van der Waals surface area contributed by atoms with E-state index in [0.29, 0.717) is 36.3 Å². The van der Waals surface area contributed by atoms with Gasteiger partial charge in [-0.3, -0.25) is 4.79 Å². The topological polar surface area (TPSA) is 38.8 Å². The van der Waals surface area contributed by atoms with Gasteiger partial charge in [-0.05, 0) is 29.7 Å². The van der Waals surface area contributed by atoms with Crippen LogP contribution in [0.15, 0.2) is 24.3 Å². The Labute approximate surface area is 140 Å². The number of amides is 1. The van der Waals surface area contributed by atoms with Gasteiger partial charge in [-0.2, -0.15) is 0 Å². The Morgan fingerprint density at radius 2 is 2.09 bits per heavy atom. The van der Waals surface area contributed by atoms with E-state index in [0.717, 1.165) is 12.0 Å². The maximum atomic E-state index is 12.0. The fourth-order valence-electron chi connectivity index (χ4n) is 2.25. The monoisotopic (exact) mass is 343 g/mol. The number of hydrogen-bond acceptors (Lipinski definition) is 3. The fraction of sp³-hybridized carbons (Fsp3) is 0.438. The van der Waals surface area contributed by atoms with E-state index in [1.54, 1.807) is 18.1 Å². The van der Waals surface area contributed by atoms with Gasteiger partial charge in [-0.25, -0.2) is 0 Å². The van der Waals surface area contributed by atoms with Gasteiger partial charge in [-0.15, -0.1) is 0 Å². The zero-order valence-corrected chi connectivity index (χ0v) is 14.0. The molecule has 0 aromatic heterocycles. The summed E-state index contributed by atoms with van der Waals surface area (Å²) in [5, 5.41) is 1.09. The predicted octanol–water partition coefficient (Wildman–Crippen LogP) is 3.27. The zero-order chi connectivity index (χ0) is 15.9. The highest BCUT2D eigenvalue weighted by Gasteiger charge is 2.18. The van der Waals surface area contributed by atoms with Crippen LogP contribution in [-0.2, 0) is 14.3 Å². The number of carbonyl (C=O) groups is 1. The third-order valence-electron chi connectivity index (χ3n) is 3.51. The Kier molecular flexibility index (Phi) is 6.70. The van der Waals surface area contributed by atoms with E-state index in [1.165, 1.54) is 5.57 Å². The molecule has 0 spiro atoms. The highest BCUT2D eigenvalue weighted by molar-refractivity contribution is 6.42. The largest absolute Gasteiger partial charge is 0.382 e. The van der Waals surface area contributed by atoms with E-state index >= 15 is 0 Å². The number of rotatable bonds is 6. The first-order chi connectivity index (χ1) is 10.6. The number of methoxy groups -OCH3 is 1. The molecule has 22 heavy (non-hydrogen) atoms. The molecule has 1 aliphatic heterocycles. The van der Waals surface area contributed by atoms with E-state index in [-0.39, 0.29) is 12.5 Å². The number of carbonyl (C=O) groups excluding carboxylic acids is 1. The second-order valence-corrected chi connectivity index (χ2v) is 5.81. The van der Waals surface area contributed by atoms with E-state index in [2.05, 4.69) is 6.08 Å². The van der Waals surface area contributed by atoms with Gasteiger partial charge in [0.2, 0.25) is 5.91 Å². The molecule has 1 aliphatic rings. The molecule has 0 saturated heterocycles. The average Bonchev–Trinajstić information content (AvgIpc) is 2.54. The molecule has 0 saturated carbocycles. The summed E-state index contributed by atoms with van der Waals surface area (Å²) in [5.74, 6) is 0.000501. The van der Waals surface area contributed by atoms with Gasteiger partial charge < -0.3 is 14.4 Å². The van der Waals surface area contributed by atoms with Crippen LogP contribution in [0, 0.1) is 0 Å².